The van der Waals surface area contributed by atoms with Crippen LogP contribution in [0, 0.1) is 6.07 Å². The van der Waals surface area contributed by atoms with Crippen molar-refractivity contribution in [3.05, 3.63) is 42.1 Å². The number of nitrogen functional groups attached to an aromatic ring is 1. The molecule has 1 aromatic carbocycles. The summed E-state index contributed by atoms with van der Waals surface area (Å²) >= 11 is 0. The van der Waals surface area contributed by atoms with E-state index in [0.29, 0.717) is 5.95 Å². The van der Waals surface area contributed by atoms with Gasteiger partial charge in [-0.2, -0.15) is 4.98 Å². The van der Waals surface area contributed by atoms with Crippen molar-refractivity contribution in [1.82, 2.24) is 9.97 Å². The molecule has 2 aromatic rings. The average Bonchev–Trinajstić information content (AvgIpc) is 2.72. The number of benzene rings is 1. The summed E-state index contributed by atoms with van der Waals surface area (Å²) < 4.78 is 0. The van der Waals surface area contributed by atoms with Crippen molar-refractivity contribution in [1.29, 1.82) is 0 Å². The maximum atomic E-state index is 5.59. The summed E-state index contributed by atoms with van der Waals surface area (Å²) in [4.78, 5) is 10.3. The van der Waals surface area contributed by atoms with Gasteiger partial charge in [0.1, 0.15) is 5.82 Å². The molecule has 4 nitrogen and oxygen atoms in total. The molecule has 0 saturated heterocycles. The normalized spacial score (nSPS) is 13.9. The zero-order valence-corrected chi connectivity index (χ0v) is 8.72. The molecule has 0 unspecified atom stereocenters. The zero-order chi connectivity index (χ0) is 11.0. The molecular weight excluding hydrogens is 200 g/mol. The van der Waals surface area contributed by atoms with E-state index in [-0.39, 0.29) is 0 Å². The highest BCUT2D eigenvalue weighted by molar-refractivity contribution is 5.67. The summed E-state index contributed by atoms with van der Waals surface area (Å²) in [6.07, 6.45) is 2.72. The number of rotatable bonds is 1. The molecule has 0 bridgehead atoms. The number of aromatic nitrogens is 2. The quantitative estimate of drug-likeness (QED) is 0.777. The van der Waals surface area contributed by atoms with Crippen LogP contribution >= 0.6 is 0 Å². The zero-order valence-electron chi connectivity index (χ0n) is 8.72. The molecule has 2 heterocycles. The molecule has 3 rings (SSSR count). The molecule has 0 atom stereocenters. The molecule has 0 fully saturated rings. The van der Waals surface area contributed by atoms with Crippen LogP contribution in [0.4, 0.5) is 17.5 Å². The van der Waals surface area contributed by atoms with Crippen molar-refractivity contribution in [3.8, 4) is 0 Å². The monoisotopic (exact) mass is 211 g/mol. The summed E-state index contributed by atoms with van der Waals surface area (Å²) in [5.74, 6) is 1.16. The van der Waals surface area contributed by atoms with Crippen molar-refractivity contribution < 1.29 is 0 Å². The third-order valence-electron chi connectivity index (χ3n) is 2.76. The Kier molecular flexibility index (Phi) is 1.99. The van der Waals surface area contributed by atoms with E-state index in [9.17, 15) is 0 Å². The van der Waals surface area contributed by atoms with Gasteiger partial charge in [0.15, 0.2) is 0 Å². The van der Waals surface area contributed by atoms with E-state index in [2.05, 4.69) is 27.0 Å². The molecule has 0 spiro atoms. The molecule has 1 radical (unpaired) electrons. The Morgan fingerprint density at radius 3 is 3.19 bits per heavy atom. The molecule has 0 aliphatic carbocycles. The van der Waals surface area contributed by atoms with Gasteiger partial charge in [0.25, 0.3) is 0 Å². The molecule has 4 heteroatoms. The van der Waals surface area contributed by atoms with Crippen molar-refractivity contribution in [2.75, 3.05) is 17.2 Å². The van der Waals surface area contributed by atoms with Gasteiger partial charge in [-0.1, -0.05) is 12.1 Å². The highest BCUT2D eigenvalue weighted by Crippen LogP contribution is 2.32. The third kappa shape index (κ3) is 1.39. The predicted octanol–water partition coefficient (Wildman–Crippen LogP) is 1.55. The number of nitrogens with zero attached hydrogens (tertiary/aromatic N) is 3. The van der Waals surface area contributed by atoms with Crippen LogP contribution < -0.4 is 10.6 Å². The Balaban J connectivity index is 2.05. The fourth-order valence-corrected chi connectivity index (χ4v) is 2.02. The van der Waals surface area contributed by atoms with Crippen molar-refractivity contribution in [3.63, 3.8) is 0 Å². The van der Waals surface area contributed by atoms with E-state index >= 15 is 0 Å². The van der Waals surface area contributed by atoms with Crippen LogP contribution in [0.15, 0.2) is 30.5 Å². The molecule has 16 heavy (non-hydrogen) atoms. The van der Waals surface area contributed by atoms with Crippen LogP contribution in [0.1, 0.15) is 5.56 Å². The Labute approximate surface area is 93.8 Å². The Morgan fingerprint density at radius 2 is 2.31 bits per heavy atom. The summed E-state index contributed by atoms with van der Waals surface area (Å²) in [5, 5.41) is 0. The fourth-order valence-electron chi connectivity index (χ4n) is 2.02. The van der Waals surface area contributed by atoms with Gasteiger partial charge in [-0.25, -0.2) is 4.98 Å². The first kappa shape index (κ1) is 9.15. The molecule has 2 N–H and O–H groups in total. The van der Waals surface area contributed by atoms with Gasteiger partial charge in [0, 0.05) is 18.4 Å². The molecule has 1 aliphatic rings. The lowest BCUT2D eigenvalue weighted by Gasteiger charge is -2.17. The fraction of sp³-hybridized carbons (Fsp3) is 0.167. The van der Waals surface area contributed by atoms with Crippen LogP contribution in [0.25, 0.3) is 0 Å². The minimum atomic E-state index is 0.311. The lowest BCUT2D eigenvalue weighted by Crippen LogP contribution is -2.15. The SMILES string of the molecule is Nc1nccc(N2CCc3cc[c]cc32)n1. The maximum absolute atomic E-state index is 5.59. The van der Waals surface area contributed by atoms with Crippen LogP contribution in [0.3, 0.4) is 0 Å². The molecule has 0 amide bonds. The van der Waals surface area contributed by atoms with E-state index in [1.165, 1.54) is 11.3 Å². The van der Waals surface area contributed by atoms with Gasteiger partial charge >= 0.3 is 0 Å². The summed E-state index contributed by atoms with van der Waals surface area (Å²) in [6, 6.07) is 11.0. The van der Waals surface area contributed by atoms with Gasteiger partial charge in [0.05, 0.1) is 0 Å². The molecule has 0 saturated carbocycles. The summed E-state index contributed by atoms with van der Waals surface area (Å²) in [5.41, 5.74) is 8.09. The highest BCUT2D eigenvalue weighted by atomic mass is 15.2. The van der Waals surface area contributed by atoms with Gasteiger partial charge in [-0.3, -0.25) is 0 Å². The second-order valence-corrected chi connectivity index (χ2v) is 3.73. The van der Waals surface area contributed by atoms with E-state index < -0.39 is 0 Å². The number of anilines is 3. The largest absolute Gasteiger partial charge is 0.368 e. The number of nitrogens with two attached hydrogens (primary N) is 1. The van der Waals surface area contributed by atoms with Gasteiger partial charge < -0.3 is 10.6 Å². The first-order valence-corrected chi connectivity index (χ1v) is 5.19. The minimum absolute atomic E-state index is 0.311. The average molecular weight is 211 g/mol. The third-order valence-corrected chi connectivity index (χ3v) is 2.76. The second-order valence-electron chi connectivity index (χ2n) is 3.73. The Bertz CT molecular complexity index is 524. The van der Waals surface area contributed by atoms with Crippen molar-refractivity contribution >= 4 is 17.5 Å². The second kappa shape index (κ2) is 3.48. The van der Waals surface area contributed by atoms with Gasteiger partial charge in [0.2, 0.25) is 5.95 Å². The van der Waals surface area contributed by atoms with E-state index in [1.807, 2.05) is 18.2 Å². The minimum Gasteiger partial charge on any atom is -0.368 e. The van der Waals surface area contributed by atoms with Gasteiger partial charge in [-0.05, 0) is 30.2 Å². The Morgan fingerprint density at radius 1 is 1.38 bits per heavy atom. The molecule has 79 valence electrons. The number of fused-ring (bicyclic) bond motifs is 1. The van der Waals surface area contributed by atoms with E-state index in [1.54, 1.807) is 6.20 Å². The van der Waals surface area contributed by atoms with E-state index in [0.717, 1.165) is 18.8 Å². The van der Waals surface area contributed by atoms with Crippen molar-refractivity contribution in [2.24, 2.45) is 0 Å². The number of hydrogen-bond acceptors (Lipinski definition) is 4. The standard InChI is InChI=1S/C12H11N4/c13-12-14-7-5-11(15-12)16-8-6-9-3-1-2-4-10(9)16/h1,3-5,7H,6,8H2,(H2,13,14,15). The molecular formula is C12H11N4. The molecule has 1 aromatic heterocycles. The highest BCUT2D eigenvalue weighted by Gasteiger charge is 2.20. The first-order chi connectivity index (χ1) is 7.84. The maximum Gasteiger partial charge on any atom is 0.221 e. The summed E-state index contributed by atoms with van der Waals surface area (Å²) in [7, 11) is 0. The van der Waals surface area contributed by atoms with Gasteiger partial charge in [-0.15, -0.1) is 0 Å². The predicted molar refractivity (Wildman–Crippen MR) is 62.4 cm³/mol. The van der Waals surface area contributed by atoms with Crippen LogP contribution in [-0.4, -0.2) is 16.5 Å². The van der Waals surface area contributed by atoms with Crippen LogP contribution in [-0.2, 0) is 6.42 Å². The smallest absolute Gasteiger partial charge is 0.221 e. The Hall–Kier alpha value is -2.10. The lowest BCUT2D eigenvalue weighted by atomic mass is 10.2. The van der Waals surface area contributed by atoms with E-state index in [4.69, 9.17) is 5.73 Å². The molecule has 1 aliphatic heterocycles. The van der Waals surface area contributed by atoms with Crippen LogP contribution in [0.2, 0.25) is 0 Å². The van der Waals surface area contributed by atoms with Crippen LogP contribution in [0.5, 0.6) is 0 Å². The topological polar surface area (TPSA) is 55.0 Å². The first-order valence-electron chi connectivity index (χ1n) is 5.19. The number of hydrogen-bond donors (Lipinski definition) is 1. The lowest BCUT2D eigenvalue weighted by molar-refractivity contribution is 0.968. The van der Waals surface area contributed by atoms with Crippen molar-refractivity contribution in [2.45, 2.75) is 6.42 Å². The summed E-state index contributed by atoms with van der Waals surface area (Å²) in [6.45, 7) is 0.934.